The van der Waals surface area contributed by atoms with Crippen molar-refractivity contribution in [1.29, 1.82) is 0 Å². The fourth-order valence-corrected chi connectivity index (χ4v) is 5.41. The molecule has 0 bridgehead atoms. The Morgan fingerprint density at radius 2 is 1.43 bits per heavy atom. The molecule has 14 heavy (non-hydrogen) atoms. The third-order valence-electron chi connectivity index (χ3n) is 1.23. The Kier molecular flexibility index (Phi) is 7.48. The minimum atomic E-state index is -2.79. The van der Waals surface area contributed by atoms with E-state index in [2.05, 4.69) is 0 Å². The van der Waals surface area contributed by atoms with Crippen molar-refractivity contribution < 1.29 is 18.1 Å². The van der Waals surface area contributed by atoms with Gasteiger partial charge in [0.1, 0.15) is 0 Å². The van der Waals surface area contributed by atoms with E-state index in [4.69, 9.17) is 13.3 Å². The third kappa shape index (κ3) is 5.11. The van der Waals surface area contributed by atoms with Crippen LogP contribution in [0.1, 0.15) is 27.7 Å². The second kappa shape index (κ2) is 7.41. The number of carbonyl (C=O) groups is 1. The first-order chi connectivity index (χ1) is 6.60. The predicted molar refractivity (Wildman–Crippen MR) is 58.9 cm³/mol. The predicted octanol–water partition coefficient (Wildman–Crippen LogP) is 1.81. The maximum absolute atomic E-state index is 11.0. The van der Waals surface area contributed by atoms with Gasteiger partial charge in [-0.15, -0.1) is 0 Å². The molecule has 0 spiro atoms. The van der Waals surface area contributed by atoms with Gasteiger partial charge in [-0.25, -0.2) is 0 Å². The van der Waals surface area contributed by atoms with Crippen LogP contribution in [-0.2, 0) is 18.1 Å². The summed E-state index contributed by atoms with van der Waals surface area (Å²) < 4.78 is 16.4. The number of rotatable bonds is 7. The van der Waals surface area contributed by atoms with Crippen LogP contribution in [0.3, 0.4) is 0 Å². The van der Waals surface area contributed by atoms with E-state index in [9.17, 15) is 4.79 Å². The van der Waals surface area contributed by atoms with E-state index in [0.717, 1.165) is 11.2 Å². The molecule has 0 rings (SSSR count). The summed E-state index contributed by atoms with van der Waals surface area (Å²) in [5, 5.41) is -0.0352. The SMILES string of the molecule is CCO[Si](OCC)(OCC)SC(C)=O. The lowest BCUT2D eigenvalue weighted by Gasteiger charge is -2.25. The lowest BCUT2D eigenvalue weighted by atomic mass is 10.9. The molecule has 0 amide bonds. The number of hydrogen-bond donors (Lipinski definition) is 0. The largest absolute Gasteiger partial charge is 0.580 e. The molecular weight excluding hydrogens is 220 g/mol. The average molecular weight is 238 g/mol. The Hall–Kier alpha value is 0.117. The summed E-state index contributed by atoms with van der Waals surface area (Å²) in [6.45, 7) is 8.55. The van der Waals surface area contributed by atoms with Gasteiger partial charge in [-0.2, -0.15) is 0 Å². The van der Waals surface area contributed by atoms with Gasteiger partial charge in [-0.05, 0) is 32.0 Å². The highest BCUT2D eigenvalue weighted by molar-refractivity contribution is 8.37. The van der Waals surface area contributed by atoms with E-state index in [-0.39, 0.29) is 5.12 Å². The maximum Gasteiger partial charge on any atom is 0.580 e. The minimum absolute atomic E-state index is 0.0352. The molecule has 0 aliphatic rings. The van der Waals surface area contributed by atoms with Crippen LogP contribution in [-0.4, -0.2) is 32.9 Å². The van der Waals surface area contributed by atoms with Crippen molar-refractivity contribution in [1.82, 2.24) is 0 Å². The minimum Gasteiger partial charge on any atom is -0.365 e. The van der Waals surface area contributed by atoms with Crippen molar-refractivity contribution in [3.05, 3.63) is 0 Å². The van der Waals surface area contributed by atoms with Crippen LogP contribution >= 0.6 is 11.2 Å². The molecular formula is C8H18O4SSi. The zero-order chi connectivity index (χ0) is 11.0. The van der Waals surface area contributed by atoms with E-state index in [0.29, 0.717) is 19.8 Å². The molecule has 0 aliphatic heterocycles. The Balaban J connectivity index is 4.45. The zero-order valence-electron chi connectivity index (χ0n) is 9.16. The van der Waals surface area contributed by atoms with Gasteiger partial charge in [-0.3, -0.25) is 4.79 Å². The molecule has 0 aromatic rings. The van der Waals surface area contributed by atoms with E-state index >= 15 is 0 Å². The van der Waals surface area contributed by atoms with E-state index in [1.807, 2.05) is 20.8 Å². The second-order valence-electron chi connectivity index (χ2n) is 2.39. The van der Waals surface area contributed by atoms with Crippen LogP contribution in [0.4, 0.5) is 0 Å². The van der Waals surface area contributed by atoms with Gasteiger partial charge in [0.05, 0.1) is 0 Å². The van der Waals surface area contributed by atoms with Crippen molar-refractivity contribution in [2.45, 2.75) is 27.7 Å². The smallest absolute Gasteiger partial charge is 0.365 e. The highest BCUT2D eigenvalue weighted by atomic mass is 32.4. The van der Waals surface area contributed by atoms with Crippen LogP contribution in [0.25, 0.3) is 0 Å². The first kappa shape index (κ1) is 14.1. The fraction of sp³-hybridized carbons (Fsp3) is 0.875. The van der Waals surface area contributed by atoms with Crippen LogP contribution in [0, 0.1) is 0 Å². The quantitative estimate of drug-likeness (QED) is 0.633. The highest BCUT2D eigenvalue weighted by Crippen LogP contribution is 2.25. The van der Waals surface area contributed by atoms with Crippen molar-refractivity contribution >= 4 is 24.3 Å². The maximum atomic E-state index is 11.0. The molecule has 4 nitrogen and oxygen atoms in total. The van der Waals surface area contributed by atoms with Crippen LogP contribution in [0.2, 0.25) is 0 Å². The Bertz CT molecular complexity index is 160. The van der Waals surface area contributed by atoms with E-state index in [1.165, 1.54) is 6.92 Å². The van der Waals surface area contributed by atoms with Crippen molar-refractivity contribution in [2.75, 3.05) is 19.8 Å². The van der Waals surface area contributed by atoms with E-state index in [1.54, 1.807) is 0 Å². The second-order valence-corrected chi connectivity index (χ2v) is 7.15. The summed E-state index contributed by atoms with van der Waals surface area (Å²) in [7, 11) is -2.79. The fourth-order valence-electron chi connectivity index (χ4n) is 0.920. The van der Waals surface area contributed by atoms with Crippen LogP contribution in [0.15, 0.2) is 0 Å². The molecule has 0 aliphatic carbocycles. The van der Waals surface area contributed by atoms with Gasteiger partial charge in [0.15, 0.2) is 5.12 Å². The molecule has 0 fully saturated rings. The summed E-state index contributed by atoms with van der Waals surface area (Å²) in [6.07, 6.45) is 0. The molecule has 0 saturated heterocycles. The molecule has 0 atom stereocenters. The van der Waals surface area contributed by atoms with Gasteiger partial charge >= 0.3 is 7.95 Å². The average Bonchev–Trinajstić information content (AvgIpc) is 2.03. The molecule has 0 radical (unpaired) electrons. The zero-order valence-corrected chi connectivity index (χ0v) is 11.0. The first-order valence-electron chi connectivity index (χ1n) is 4.71. The Labute approximate surface area is 90.3 Å². The lowest BCUT2D eigenvalue weighted by Crippen LogP contribution is -2.43. The third-order valence-corrected chi connectivity index (χ3v) is 6.37. The molecule has 0 aromatic heterocycles. The van der Waals surface area contributed by atoms with E-state index < -0.39 is 7.95 Å². The summed E-state index contributed by atoms with van der Waals surface area (Å²) in [5.41, 5.74) is 0. The Morgan fingerprint density at radius 1 is 1.07 bits per heavy atom. The first-order valence-corrected chi connectivity index (χ1v) is 7.98. The highest BCUT2D eigenvalue weighted by Gasteiger charge is 2.44. The summed E-state index contributed by atoms with van der Waals surface area (Å²) in [5.74, 6) is 0. The Morgan fingerprint density at radius 3 is 1.64 bits per heavy atom. The van der Waals surface area contributed by atoms with Gasteiger partial charge in [0, 0.05) is 26.7 Å². The van der Waals surface area contributed by atoms with Crippen molar-refractivity contribution in [3.8, 4) is 0 Å². The topological polar surface area (TPSA) is 44.8 Å². The molecule has 84 valence electrons. The molecule has 0 saturated carbocycles. The van der Waals surface area contributed by atoms with Gasteiger partial charge in [0.25, 0.3) is 0 Å². The number of carbonyl (C=O) groups excluding carboxylic acids is 1. The number of hydrogen-bond acceptors (Lipinski definition) is 5. The standard InChI is InChI=1S/C8H18O4SSi/c1-5-10-14(11-6-2,12-7-3)13-8(4)9/h5-7H2,1-4H3. The van der Waals surface area contributed by atoms with Crippen LogP contribution < -0.4 is 0 Å². The van der Waals surface area contributed by atoms with Crippen LogP contribution in [0.5, 0.6) is 0 Å². The van der Waals surface area contributed by atoms with Gasteiger partial charge in [0.2, 0.25) is 0 Å². The summed E-state index contributed by atoms with van der Waals surface area (Å²) in [6, 6.07) is 0. The normalized spacial score (nSPS) is 11.7. The summed E-state index contributed by atoms with van der Waals surface area (Å²) >= 11 is 1.05. The lowest BCUT2D eigenvalue weighted by molar-refractivity contribution is -0.109. The van der Waals surface area contributed by atoms with Gasteiger partial charge in [-0.1, -0.05) is 0 Å². The van der Waals surface area contributed by atoms with Crippen molar-refractivity contribution in [2.24, 2.45) is 0 Å². The molecule has 6 heteroatoms. The van der Waals surface area contributed by atoms with Crippen molar-refractivity contribution in [3.63, 3.8) is 0 Å². The molecule has 0 N–H and O–H groups in total. The monoisotopic (exact) mass is 238 g/mol. The van der Waals surface area contributed by atoms with Gasteiger partial charge < -0.3 is 13.3 Å². The molecule has 0 unspecified atom stereocenters. The molecule has 0 aromatic carbocycles. The summed E-state index contributed by atoms with van der Waals surface area (Å²) in [4.78, 5) is 11.0. The molecule has 0 heterocycles.